The molecule has 0 spiro atoms. The first-order valence-electron chi connectivity index (χ1n) is 13.1. The van der Waals surface area contributed by atoms with Gasteiger partial charge in [0.15, 0.2) is 0 Å². The zero-order chi connectivity index (χ0) is 25.2. The summed E-state index contributed by atoms with van der Waals surface area (Å²) in [6.45, 7) is 3.95. The van der Waals surface area contributed by atoms with Gasteiger partial charge >= 0.3 is 0 Å². The Morgan fingerprint density at radius 3 is 2.28 bits per heavy atom. The van der Waals surface area contributed by atoms with Crippen LogP contribution in [0.2, 0.25) is 0 Å². The number of benzene rings is 1. The molecule has 8 nitrogen and oxygen atoms in total. The highest BCUT2D eigenvalue weighted by Gasteiger charge is 2.42. The molecule has 3 fully saturated rings. The number of likely N-dealkylation sites (tertiary alicyclic amines) is 1. The molecule has 1 aromatic carbocycles. The van der Waals surface area contributed by atoms with Gasteiger partial charge in [-0.2, -0.15) is 0 Å². The fourth-order valence-corrected chi connectivity index (χ4v) is 6.11. The molecule has 3 aliphatic rings. The van der Waals surface area contributed by atoms with E-state index in [2.05, 4.69) is 32.5 Å². The molecule has 2 N–H and O–H groups in total. The number of aromatic nitrogens is 1. The van der Waals surface area contributed by atoms with Crippen LogP contribution in [0.25, 0.3) is 0 Å². The number of amides is 2. The van der Waals surface area contributed by atoms with Crippen molar-refractivity contribution in [2.75, 3.05) is 32.1 Å². The summed E-state index contributed by atoms with van der Waals surface area (Å²) in [6.07, 6.45) is 7.65. The molecule has 4 heterocycles. The number of fused-ring (bicyclic) bond motifs is 2. The second-order valence-corrected chi connectivity index (χ2v) is 10.5. The average Bonchev–Trinajstić information content (AvgIpc) is 3.15. The minimum Gasteiger partial charge on any atom is -0.496 e. The molecule has 0 saturated carbocycles. The van der Waals surface area contributed by atoms with E-state index >= 15 is 0 Å². The Morgan fingerprint density at radius 2 is 1.64 bits per heavy atom. The minimum atomic E-state index is -0.0409. The SMILES string of the molecule is COc1cccc(C(=O)N[C@H]2C[C@H]3CC[C@@H](C2)N3c2ccc(C(=O)NC3CCN(C)CC3)cn2)c1C. The number of anilines is 1. The van der Waals surface area contributed by atoms with Gasteiger partial charge in [-0.3, -0.25) is 9.59 Å². The van der Waals surface area contributed by atoms with Crippen molar-refractivity contribution in [2.24, 2.45) is 0 Å². The molecule has 36 heavy (non-hydrogen) atoms. The van der Waals surface area contributed by atoms with Crippen LogP contribution in [-0.4, -0.2) is 73.1 Å². The summed E-state index contributed by atoms with van der Waals surface area (Å²) in [4.78, 5) is 35.1. The van der Waals surface area contributed by atoms with Crippen molar-refractivity contribution in [1.29, 1.82) is 0 Å². The Morgan fingerprint density at radius 1 is 0.944 bits per heavy atom. The molecular weight excluding hydrogens is 454 g/mol. The Kier molecular flexibility index (Phi) is 7.14. The number of hydrogen-bond donors (Lipinski definition) is 2. The smallest absolute Gasteiger partial charge is 0.253 e. The summed E-state index contributed by atoms with van der Waals surface area (Å²) < 4.78 is 5.38. The van der Waals surface area contributed by atoms with E-state index in [0.29, 0.717) is 23.2 Å². The number of rotatable bonds is 6. The number of piperidine rings is 2. The number of carbonyl (C=O) groups excluding carboxylic acids is 2. The third-order valence-electron chi connectivity index (χ3n) is 8.15. The Balaban J connectivity index is 1.19. The highest BCUT2D eigenvalue weighted by molar-refractivity contribution is 5.96. The van der Waals surface area contributed by atoms with Crippen molar-refractivity contribution in [2.45, 2.75) is 69.6 Å². The van der Waals surface area contributed by atoms with E-state index < -0.39 is 0 Å². The van der Waals surface area contributed by atoms with Gasteiger partial charge in [-0.15, -0.1) is 0 Å². The largest absolute Gasteiger partial charge is 0.496 e. The van der Waals surface area contributed by atoms with E-state index in [1.165, 1.54) is 0 Å². The average molecular weight is 492 g/mol. The first kappa shape index (κ1) is 24.6. The lowest BCUT2D eigenvalue weighted by atomic mass is 9.96. The highest BCUT2D eigenvalue weighted by atomic mass is 16.5. The first-order valence-corrected chi connectivity index (χ1v) is 13.1. The molecule has 0 radical (unpaired) electrons. The number of hydrogen-bond acceptors (Lipinski definition) is 6. The minimum absolute atomic E-state index is 0.0395. The number of nitrogens with zero attached hydrogens (tertiary/aromatic N) is 3. The summed E-state index contributed by atoms with van der Waals surface area (Å²) in [7, 11) is 3.74. The number of nitrogens with one attached hydrogen (secondary N) is 2. The zero-order valence-corrected chi connectivity index (χ0v) is 21.5. The molecule has 3 saturated heterocycles. The van der Waals surface area contributed by atoms with Gasteiger partial charge < -0.3 is 25.2 Å². The molecule has 2 aromatic rings. The Labute approximate surface area is 213 Å². The van der Waals surface area contributed by atoms with Crippen molar-refractivity contribution in [1.82, 2.24) is 20.5 Å². The predicted octanol–water partition coefficient (Wildman–Crippen LogP) is 3.15. The second kappa shape index (κ2) is 10.5. The van der Waals surface area contributed by atoms with E-state index in [9.17, 15) is 9.59 Å². The van der Waals surface area contributed by atoms with Gasteiger partial charge in [0.1, 0.15) is 11.6 Å². The third kappa shape index (κ3) is 5.05. The number of ether oxygens (including phenoxy) is 1. The molecule has 192 valence electrons. The maximum absolute atomic E-state index is 13.0. The fourth-order valence-electron chi connectivity index (χ4n) is 6.11. The molecule has 2 amide bonds. The lowest BCUT2D eigenvalue weighted by Gasteiger charge is -2.40. The molecule has 1 aromatic heterocycles. The van der Waals surface area contributed by atoms with Crippen LogP contribution in [0.3, 0.4) is 0 Å². The Hall–Kier alpha value is -3.13. The van der Waals surface area contributed by atoms with Crippen LogP contribution >= 0.6 is 0 Å². The summed E-state index contributed by atoms with van der Waals surface area (Å²) >= 11 is 0. The molecule has 0 unspecified atom stereocenters. The number of carbonyl (C=O) groups is 2. The monoisotopic (exact) mass is 491 g/mol. The third-order valence-corrected chi connectivity index (χ3v) is 8.15. The highest BCUT2D eigenvalue weighted by Crippen LogP contribution is 2.38. The molecular formula is C28H37N5O3. The standard InChI is InChI=1S/C28H37N5O3/c1-18-24(5-4-6-25(18)36-3)28(35)31-21-15-22-8-9-23(16-21)33(22)26-10-7-19(17-29-26)27(34)30-20-11-13-32(2)14-12-20/h4-7,10,17,20-23H,8-9,11-16H2,1-3H3,(H,30,34)(H,31,35)/t21-,22+,23-. The Bertz CT molecular complexity index is 1080. The number of methoxy groups -OCH3 is 1. The maximum atomic E-state index is 13.0. The normalized spacial score (nSPS) is 24.4. The van der Waals surface area contributed by atoms with Crippen LogP contribution in [0.1, 0.15) is 64.8 Å². The summed E-state index contributed by atoms with van der Waals surface area (Å²) in [5, 5.41) is 6.43. The van der Waals surface area contributed by atoms with Crippen LogP contribution in [0.15, 0.2) is 36.5 Å². The van der Waals surface area contributed by atoms with Crippen LogP contribution in [0.4, 0.5) is 5.82 Å². The van der Waals surface area contributed by atoms with Crippen molar-refractivity contribution in [3.63, 3.8) is 0 Å². The molecule has 2 bridgehead atoms. The van der Waals surface area contributed by atoms with Gasteiger partial charge in [0, 0.05) is 41.5 Å². The van der Waals surface area contributed by atoms with Crippen LogP contribution in [-0.2, 0) is 0 Å². The second-order valence-electron chi connectivity index (χ2n) is 10.5. The first-order chi connectivity index (χ1) is 17.4. The van der Waals surface area contributed by atoms with Gasteiger partial charge in [0.05, 0.1) is 12.7 Å². The van der Waals surface area contributed by atoms with E-state index in [-0.39, 0.29) is 23.9 Å². The zero-order valence-electron chi connectivity index (χ0n) is 21.5. The van der Waals surface area contributed by atoms with Gasteiger partial charge in [-0.1, -0.05) is 6.07 Å². The lowest BCUT2D eigenvalue weighted by Crippen LogP contribution is -2.50. The van der Waals surface area contributed by atoms with Gasteiger partial charge in [0.25, 0.3) is 11.8 Å². The lowest BCUT2D eigenvalue weighted by molar-refractivity contribution is 0.0912. The van der Waals surface area contributed by atoms with E-state index in [4.69, 9.17) is 4.74 Å². The van der Waals surface area contributed by atoms with Crippen molar-refractivity contribution < 1.29 is 14.3 Å². The molecule has 0 aliphatic carbocycles. The van der Waals surface area contributed by atoms with Gasteiger partial charge in [-0.05, 0) is 89.9 Å². The summed E-state index contributed by atoms with van der Waals surface area (Å²) in [5.74, 6) is 1.57. The predicted molar refractivity (Wildman–Crippen MR) is 140 cm³/mol. The van der Waals surface area contributed by atoms with E-state index in [0.717, 1.165) is 68.7 Å². The van der Waals surface area contributed by atoms with Gasteiger partial charge in [-0.25, -0.2) is 4.98 Å². The fraction of sp³-hybridized carbons (Fsp3) is 0.536. The van der Waals surface area contributed by atoms with Crippen molar-refractivity contribution >= 4 is 17.6 Å². The van der Waals surface area contributed by atoms with Crippen LogP contribution < -0.4 is 20.3 Å². The summed E-state index contributed by atoms with van der Waals surface area (Å²) in [5.41, 5.74) is 2.14. The maximum Gasteiger partial charge on any atom is 0.253 e. The van der Waals surface area contributed by atoms with E-state index in [1.807, 2.05) is 37.3 Å². The number of pyridine rings is 1. The molecule has 8 heteroatoms. The molecule has 3 atom stereocenters. The topological polar surface area (TPSA) is 86.8 Å². The molecule has 3 aliphatic heterocycles. The summed E-state index contributed by atoms with van der Waals surface area (Å²) in [6, 6.07) is 10.5. The van der Waals surface area contributed by atoms with Crippen molar-refractivity contribution in [3.8, 4) is 5.75 Å². The van der Waals surface area contributed by atoms with E-state index in [1.54, 1.807) is 13.3 Å². The van der Waals surface area contributed by atoms with Crippen LogP contribution in [0.5, 0.6) is 5.75 Å². The quantitative estimate of drug-likeness (QED) is 0.646. The van der Waals surface area contributed by atoms with Gasteiger partial charge in [0.2, 0.25) is 0 Å². The molecule has 5 rings (SSSR count). The van der Waals surface area contributed by atoms with Crippen molar-refractivity contribution in [3.05, 3.63) is 53.2 Å². The van der Waals surface area contributed by atoms with Crippen LogP contribution in [0, 0.1) is 6.92 Å².